The summed E-state index contributed by atoms with van der Waals surface area (Å²) in [5.41, 5.74) is 3.08. The number of amides is 3. The molecule has 1 atom stereocenters. The molecule has 1 saturated heterocycles. The Morgan fingerprint density at radius 1 is 1.11 bits per heavy atom. The van der Waals surface area contributed by atoms with E-state index in [0.717, 1.165) is 11.1 Å². The number of Topliss-reactive ketones (excluding diaryl/α,β-unsaturated/α-hetero) is 1. The number of ketones is 1. The van der Waals surface area contributed by atoms with Crippen LogP contribution in [0.4, 0.5) is 5.13 Å². The van der Waals surface area contributed by atoms with Crippen LogP contribution < -0.4 is 5.32 Å². The minimum atomic E-state index is -0.449. The molecule has 0 radical (unpaired) electrons. The van der Waals surface area contributed by atoms with E-state index in [4.69, 9.17) is 0 Å². The predicted molar refractivity (Wildman–Crippen MR) is 134 cm³/mol. The fraction of sp³-hybridized carbons (Fsp3) is 0.480. The third-order valence-electron chi connectivity index (χ3n) is 6.78. The summed E-state index contributed by atoms with van der Waals surface area (Å²) in [5.74, 6) is -0.821. The third-order valence-corrected chi connectivity index (χ3v) is 7.84. The summed E-state index contributed by atoms with van der Waals surface area (Å²) in [6.45, 7) is 6.52. The number of aromatic nitrogens is 1. The molecule has 35 heavy (non-hydrogen) atoms. The molecule has 1 N–H and O–H groups in total. The zero-order valence-corrected chi connectivity index (χ0v) is 21.4. The lowest BCUT2D eigenvalue weighted by molar-refractivity contribution is -0.138. The molecule has 2 heterocycles. The van der Waals surface area contributed by atoms with Crippen molar-refractivity contribution in [2.45, 2.75) is 26.7 Å². The van der Waals surface area contributed by atoms with Crippen molar-refractivity contribution in [1.29, 1.82) is 0 Å². The lowest BCUT2D eigenvalue weighted by Crippen LogP contribution is -2.52. The van der Waals surface area contributed by atoms with E-state index < -0.39 is 5.92 Å². The van der Waals surface area contributed by atoms with E-state index in [9.17, 15) is 19.2 Å². The number of piperazine rings is 1. The monoisotopic (exact) mass is 497 g/mol. The van der Waals surface area contributed by atoms with Crippen molar-refractivity contribution in [3.8, 4) is 0 Å². The number of likely N-dealkylation sites (N-methyl/N-ethyl adjacent to an activating group) is 1. The molecule has 4 rings (SSSR count). The predicted octanol–water partition coefficient (Wildman–Crippen LogP) is 1.99. The maximum Gasteiger partial charge on any atom is 0.257 e. The van der Waals surface area contributed by atoms with Gasteiger partial charge in [0.25, 0.3) is 5.91 Å². The molecular weight excluding hydrogens is 466 g/mol. The minimum absolute atomic E-state index is 0.0409. The van der Waals surface area contributed by atoms with Crippen molar-refractivity contribution >= 4 is 40.0 Å². The zero-order valence-electron chi connectivity index (χ0n) is 20.6. The quantitative estimate of drug-likeness (QED) is 0.678. The van der Waals surface area contributed by atoms with Crippen LogP contribution in [0, 0.1) is 19.8 Å². The summed E-state index contributed by atoms with van der Waals surface area (Å²) >= 11 is 1.17. The average Bonchev–Trinajstić information content (AvgIpc) is 3.23. The number of benzene rings is 1. The molecule has 10 heteroatoms. The molecule has 9 nitrogen and oxygen atoms in total. The Morgan fingerprint density at radius 3 is 2.51 bits per heavy atom. The molecule has 1 aliphatic carbocycles. The molecule has 2 aromatic rings. The molecule has 0 bridgehead atoms. The summed E-state index contributed by atoms with van der Waals surface area (Å²) in [4.78, 5) is 61.1. The van der Waals surface area contributed by atoms with Crippen molar-refractivity contribution in [3.05, 3.63) is 45.5 Å². The van der Waals surface area contributed by atoms with Crippen LogP contribution in [0.25, 0.3) is 0 Å². The van der Waals surface area contributed by atoms with Gasteiger partial charge in [0.1, 0.15) is 0 Å². The van der Waals surface area contributed by atoms with Crippen molar-refractivity contribution in [3.63, 3.8) is 0 Å². The van der Waals surface area contributed by atoms with E-state index >= 15 is 0 Å². The number of nitrogens with zero attached hydrogens (tertiary/aromatic N) is 4. The molecule has 1 aromatic heterocycles. The Morgan fingerprint density at radius 2 is 1.83 bits per heavy atom. The molecule has 1 fully saturated rings. The van der Waals surface area contributed by atoms with E-state index in [1.54, 1.807) is 30.0 Å². The van der Waals surface area contributed by atoms with Gasteiger partial charge in [0.2, 0.25) is 11.8 Å². The van der Waals surface area contributed by atoms with Crippen molar-refractivity contribution < 1.29 is 19.2 Å². The smallest absolute Gasteiger partial charge is 0.257 e. The first-order chi connectivity index (χ1) is 16.6. The Bertz CT molecular complexity index is 1170. The standard InChI is InChI=1S/C25H31N5O4S/c1-15-6-5-7-18(16(15)2)23(33)27-25-26-19-12-17(13-20(31)22(19)35-25)24(34)30-10-8-29(9-11-30)14-21(32)28(3)4/h5-7,17H,8-14H2,1-4H3,(H,26,27,33). The second-order valence-electron chi connectivity index (χ2n) is 9.41. The van der Waals surface area contributed by atoms with E-state index in [0.29, 0.717) is 60.4 Å². The molecule has 1 unspecified atom stereocenters. The molecule has 1 aromatic carbocycles. The summed E-state index contributed by atoms with van der Waals surface area (Å²) in [6.07, 6.45) is 0.535. The Hall–Kier alpha value is -3.11. The number of thiazole rings is 1. The summed E-state index contributed by atoms with van der Waals surface area (Å²) in [7, 11) is 3.46. The maximum atomic E-state index is 13.2. The van der Waals surface area contributed by atoms with E-state index in [2.05, 4.69) is 10.3 Å². The van der Waals surface area contributed by atoms with Gasteiger partial charge in [-0.1, -0.05) is 23.5 Å². The Balaban J connectivity index is 1.38. The van der Waals surface area contributed by atoms with Crippen LogP contribution in [0.2, 0.25) is 0 Å². The van der Waals surface area contributed by atoms with Gasteiger partial charge in [-0.2, -0.15) is 0 Å². The van der Waals surface area contributed by atoms with Crippen LogP contribution in [0.3, 0.4) is 0 Å². The van der Waals surface area contributed by atoms with E-state index in [1.165, 1.54) is 11.3 Å². The highest BCUT2D eigenvalue weighted by atomic mass is 32.1. The highest BCUT2D eigenvalue weighted by molar-refractivity contribution is 7.17. The largest absolute Gasteiger partial charge is 0.348 e. The second-order valence-corrected chi connectivity index (χ2v) is 10.4. The molecule has 186 valence electrons. The summed E-state index contributed by atoms with van der Waals surface area (Å²) in [6, 6.07) is 5.55. The van der Waals surface area contributed by atoms with Crippen LogP contribution >= 0.6 is 11.3 Å². The van der Waals surface area contributed by atoms with Crippen LogP contribution in [0.1, 0.15) is 43.3 Å². The van der Waals surface area contributed by atoms with Gasteiger partial charge in [-0.15, -0.1) is 0 Å². The van der Waals surface area contributed by atoms with Gasteiger partial charge in [0, 0.05) is 58.7 Å². The number of anilines is 1. The lowest BCUT2D eigenvalue weighted by atomic mass is 9.88. The summed E-state index contributed by atoms with van der Waals surface area (Å²) < 4.78 is 0. The number of aryl methyl sites for hydroxylation is 1. The topological polar surface area (TPSA) is 103 Å². The maximum absolute atomic E-state index is 13.2. The van der Waals surface area contributed by atoms with Gasteiger partial charge in [0.05, 0.1) is 23.0 Å². The lowest BCUT2D eigenvalue weighted by Gasteiger charge is -2.36. The first kappa shape index (κ1) is 25.0. The minimum Gasteiger partial charge on any atom is -0.348 e. The fourth-order valence-electron chi connectivity index (χ4n) is 4.44. The van der Waals surface area contributed by atoms with Crippen LogP contribution in [-0.4, -0.2) is 90.0 Å². The van der Waals surface area contributed by atoms with Crippen molar-refractivity contribution in [1.82, 2.24) is 19.7 Å². The van der Waals surface area contributed by atoms with Crippen molar-refractivity contribution in [2.24, 2.45) is 5.92 Å². The number of rotatable bonds is 5. The van der Waals surface area contributed by atoms with Gasteiger partial charge in [0.15, 0.2) is 10.9 Å². The zero-order chi connectivity index (χ0) is 25.3. The molecule has 0 saturated carbocycles. The van der Waals surface area contributed by atoms with Crippen molar-refractivity contribution in [2.75, 3.05) is 52.1 Å². The number of hydrogen-bond donors (Lipinski definition) is 1. The van der Waals surface area contributed by atoms with Gasteiger partial charge in [-0.25, -0.2) is 4.98 Å². The highest BCUT2D eigenvalue weighted by Crippen LogP contribution is 2.33. The van der Waals surface area contributed by atoms with Crippen LogP contribution in [0.15, 0.2) is 18.2 Å². The van der Waals surface area contributed by atoms with E-state index in [-0.39, 0.29) is 29.9 Å². The Labute approximate surface area is 209 Å². The molecular formula is C25H31N5O4S. The van der Waals surface area contributed by atoms with Crippen LogP contribution in [0.5, 0.6) is 0 Å². The van der Waals surface area contributed by atoms with Gasteiger partial charge in [-0.05, 0) is 31.0 Å². The normalized spacial score (nSPS) is 18.2. The number of nitrogens with one attached hydrogen (secondary N) is 1. The molecule has 0 spiro atoms. The number of carbonyl (C=O) groups excluding carboxylic acids is 4. The van der Waals surface area contributed by atoms with E-state index in [1.807, 2.05) is 30.9 Å². The average molecular weight is 498 g/mol. The Kier molecular flexibility index (Phi) is 7.32. The molecule has 3 amide bonds. The third kappa shape index (κ3) is 5.43. The summed E-state index contributed by atoms with van der Waals surface area (Å²) in [5, 5.41) is 3.20. The first-order valence-electron chi connectivity index (χ1n) is 11.8. The number of hydrogen-bond acceptors (Lipinski definition) is 7. The van der Waals surface area contributed by atoms with Gasteiger partial charge >= 0.3 is 0 Å². The highest BCUT2D eigenvalue weighted by Gasteiger charge is 2.36. The SMILES string of the molecule is Cc1cccc(C(=O)Nc2nc3c(s2)C(=O)CC(C(=O)N2CCN(CC(=O)N(C)C)CC2)C3)c1C. The fourth-order valence-corrected chi connectivity index (χ4v) is 5.37. The number of carbonyl (C=O) groups is 4. The second kappa shape index (κ2) is 10.2. The van der Waals surface area contributed by atoms with Gasteiger partial charge < -0.3 is 9.80 Å². The molecule has 2 aliphatic rings. The van der Waals surface area contributed by atoms with Gasteiger partial charge in [-0.3, -0.25) is 29.4 Å². The first-order valence-corrected chi connectivity index (χ1v) is 12.6. The molecule has 1 aliphatic heterocycles. The number of fused-ring (bicyclic) bond motifs is 1. The van der Waals surface area contributed by atoms with Crippen LogP contribution in [-0.2, 0) is 16.0 Å².